The molecular weight excluding hydrogens is 612 g/mol. The summed E-state index contributed by atoms with van der Waals surface area (Å²) in [7, 11) is -1.91. The minimum atomic E-state index is -3.51. The number of likely N-dealkylation sites (tertiary alicyclic amines) is 2. The van der Waals surface area contributed by atoms with E-state index in [1.807, 2.05) is 47.1 Å². The second kappa shape index (κ2) is 16.9. The molecule has 2 heterocycles. The Bertz CT molecular complexity index is 1370. The minimum Gasteiger partial charge on any atom is -0.385 e. The lowest BCUT2D eigenvalue weighted by molar-refractivity contribution is -0.133. The van der Waals surface area contributed by atoms with Crippen molar-refractivity contribution in [2.45, 2.75) is 63.7 Å². The number of benzene rings is 2. The lowest BCUT2D eigenvalue weighted by atomic mass is 9.90. The monoisotopic (exact) mass is 660 g/mol. The van der Waals surface area contributed by atoms with Gasteiger partial charge in [-0.25, -0.2) is 13.1 Å². The number of hydrogen-bond acceptors (Lipinski definition) is 6. The summed E-state index contributed by atoms with van der Waals surface area (Å²) >= 11 is 6.46. The number of nitrogens with one attached hydrogen (secondary N) is 1. The van der Waals surface area contributed by atoms with E-state index in [4.69, 9.17) is 16.3 Å². The molecule has 0 spiro atoms. The van der Waals surface area contributed by atoms with Crippen molar-refractivity contribution in [2.24, 2.45) is 11.8 Å². The largest absolute Gasteiger partial charge is 0.385 e. The highest BCUT2D eigenvalue weighted by molar-refractivity contribution is 7.89. The molecular formula is C34H49ClN4O5S. The van der Waals surface area contributed by atoms with Crippen LogP contribution in [0.1, 0.15) is 56.6 Å². The Labute approximate surface area is 274 Å². The normalized spacial score (nSPS) is 17.0. The fraction of sp³-hybridized carbons (Fsp3) is 0.588. The zero-order valence-electron chi connectivity index (χ0n) is 27.0. The van der Waals surface area contributed by atoms with Crippen LogP contribution >= 0.6 is 11.6 Å². The van der Waals surface area contributed by atoms with Crippen LogP contribution in [-0.4, -0.2) is 89.6 Å². The number of piperidine rings is 2. The number of carbonyl (C=O) groups excluding carboxylic acids is 2. The quantitative estimate of drug-likeness (QED) is 0.290. The zero-order valence-corrected chi connectivity index (χ0v) is 28.5. The predicted molar refractivity (Wildman–Crippen MR) is 179 cm³/mol. The summed E-state index contributed by atoms with van der Waals surface area (Å²) in [5.41, 5.74) is 2.98. The molecule has 2 aliphatic heterocycles. The van der Waals surface area contributed by atoms with Crippen LogP contribution in [0, 0.1) is 18.8 Å². The summed E-state index contributed by atoms with van der Waals surface area (Å²) in [6.07, 6.45) is 5.99. The van der Waals surface area contributed by atoms with Crippen molar-refractivity contribution in [3.63, 3.8) is 0 Å². The van der Waals surface area contributed by atoms with Crippen molar-refractivity contribution in [2.75, 3.05) is 64.4 Å². The Morgan fingerprint density at radius 3 is 2.31 bits per heavy atom. The third-order valence-corrected chi connectivity index (χ3v) is 11.0. The van der Waals surface area contributed by atoms with Crippen LogP contribution in [0.25, 0.3) is 0 Å². The summed E-state index contributed by atoms with van der Waals surface area (Å²) in [6, 6.07) is 13.1. The summed E-state index contributed by atoms with van der Waals surface area (Å²) in [5.74, 6) is 0.655. The van der Waals surface area contributed by atoms with Gasteiger partial charge in [-0.15, -0.1) is 0 Å². The maximum absolute atomic E-state index is 13.7. The fourth-order valence-electron chi connectivity index (χ4n) is 6.29. The molecule has 0 radical (unpaired) electrons. The molecule has 2 aromatic rings. The number of ether oxygens (including phenoxy) is 1. The number of methoxy groups -OCH3 is 1. The molecule has 0 bridgehead atoms. The highest BCUT2D eigenvalue weighted by Crippen LogP contribution is 2.28. The first-order valence-corrected chi connectivity index (χ1v) is 18.1. The summed E-state index contributed by atoms with van der Waals surface area (Å²) in [5, 5.41) is 0.657. The molecule has 2 fully saturated rings. The van der Waals surface area contributed by atoms with E-state index in [0.29, 0.717) is 67.9 Å². The molecule has 0 atom stereocenters. The molecule has 2 amide bonds. The van der Waals surface area contributed by atoms with Crippen LogP contribution in [0.2, 0.25) is 5.02 Å². The van der Waals surface area contributed by atoms with Gasteiger partial charge in [0.05, 0.1) is 4.90 Å². The minimum absolute atomic E-state index is 0.0674. The maximum Gasteiger partial charge on any atom is 0.240 e. The van der Waals surface area contributed by atoms with E-state index >= 15 is 0 Å². The van der Waals surface area contributed by atoms with E-state index in [1.165, 1.54) is 0 Å². The van der Waals surface area contributed by atoms with E-state index in [2.05, 4.69) is 9.62 Å². The fourth-order valence-corrected chi connectivity index (χ4v) is 7.54. The Morgan fingerprint density at radius 2 is 1.69 bits per heavy atom. The van der Waals surface area contributed by atoms with Crippen molar-refractivity contribution in [3.05, 3.63) is 58.6 Å². The van der Waals surface area contributed by atoms with E-state index in [9.17, 15) is 18.0 Å². The predicted octanol–water partition coefficient (Wildman–Crippen LogP) is 4.90. The van der Waals surface area contributed by atoms with Gasteiger partial charge in [-0.1, -0.05) is 29.8 Å². The highest BCUT2D eigenvalue weighted by atomic mass is 35.5. The molecule has 0 aromatic heterocycles. The van der Waals surface area contributed by atoms with Gasteiger partial charge >= 0.3 is 0 Å². The van der Waals surface area contributed by atoms with Crippen molar-refractivity contribution in [1.82, 2.24) is 14.5 Å². The Hall–Kier alpha value is -2.50. The second-order valence-electron chi connectivity index (χ2n) is 12.4. The maximum atomic E-state index is 13.7. The van der Waals surface area contributed by atoms with Gasteiger partial charge in [0.25, 0.3) is 0 Å². The molecule has 0 saturated carbocycles. The Balaban J connectivity index is 1.25. The molecule has 248 valence electrons. The van der Waals surface area contributed by atoms with Crippen molar-refractivity contribution in [1.29, 1.82) is 0 Å². The van der Waals surface area contributed by atoms with Gasteiger partial charge in [0.2, 0.25) is 21.8 Å². The third kappa shape index (κ3) is 10.2. The number of nitrogens with zero attached hydrogens (tertiary/aromatic N) is 3. The van der Waals surface area contributed by atoms with Gasteiger partial charge in [-0.3, -0.25) is 9.59 Å². The zero-order chi connectivity index (χ0) is 32.4. The second-order valence-corrected chi connectivity index (χ2v) is 14.6. The number of halogens is 1. The molecule has 45 heavy (non-hydrogen) atoms. The number of anilines is 1. The van der Waals surface area contributed by atoms with Gasteiger partial charge in [-0.05, 0) is 113 Å². The van der Waals surface area contributed by atoms with E-state index in [-0.39, 0.29) is 17.7 Å². The number of aryl methyl sites for hydroxylation is 1. The molecule has 0 aliphatic carbocycles. The Morgan fingerprint density at radius 1 is 1.00 bits per heavy atom. The van der Waals surface area contributed by atoms with Crippen molar-refractivity contribution in [3.8, 4) is 0 Å². The number of sulfonamides is 1. The molecule has 4 rings (SSSR count). The van der Waals surface area contributed by atoms with Crippen LogP contribution in [0.15, 0.2) is 47.4 Å². The van der Waals surface area contributed by atoms with Crippen LogP contribution in [0.3, 0.4) is 0 Å². The SMILES string of the molecule is COCCCNS(=O)(=O)c1ccc(CC2CCN(CCCN(C(=O)C3CCN(C(C)=O)CC3)c3ccc(C)c(Cl)c3)CC2)cc1. The molecule has 2 saturated heterocycles. The number of hydrogen-bond donors (Lipinski definition) is 1. The van der Waals surface area contributed by atoms with Crippen LogP contribution < -0.4 is 9.62 Å². The van der Waals surface area contributed by atoms with E-state index in [1.54, 1.807) is 26.2 Å². The average molecular weight is 661 g/mol. The summed E-state index contributed by atoms with van der Waals surface area (Å²) in [6.45, 7) is 9.23. The molecule has 2 aliphatic rings. The van der Waals surface area contributed by atoms with Crippen LogP contribution in [0.4, 0.5) is 5.69 Å². The van der Waals surface area contributed by atoms with Crippen molar-refractivity contribution < 1.29 is 22.7 Å². The third-order valence-electron chi connectivity index (χ3n) is 9.16. The Kier molecular flexibility index (Phi) is 13.3. The lowest BCUT2D eigenvalue weighted by Gasteiger charge is -2.35. The van der Waals surface area contributed by atoms with E-state index in [0.717, 1.165) is 62.1 Å². The average Bonchev–Trinajstić information content (AvgIpc) is 3.04. The first kappa shape index (κ1) is 35.4. The smallest absolute Gasteiger partial charge is 0.240 e. The van der Waals surface area contributed by atoms with Gasteiger partial charge in [0.15, 0.2) is 0 Å². The lowest BCUT2D eigenvalue weighted by Crippen LogP contribution is -2.45. The van der Waals surface area contributed by atoms with Gasteiger partial charge in [0.1, 0.15) is 0 Å². The van der Waals surface area contributed by atoms with Crippen molar-refractivity contribution >= 4 is 39.1 Å². The molecule has 11 heteroatoms. The van der Waals surface area contributed by atoms with Gasteiger partial charge < -0.3 is 19.4 Å². The first-order chi connectivity index (χ1) is 21.6. The van der Waals surface area contributed by atoms with Gasteiger partial charge in [-0.2, -0.15) is 0 Å². The van der Waals surface area contributed by atoms with Crippen LogP contribution in [-0.2, 0) is 30.8 Å². The first-order valence-electron chi connectivity index (χ1n) is 16.2. The number of rotatable bonds is 14. The summed E-state index contributed by atoms with van der Waals surface area (Å²) in [4.78, 5) is 32.0. The highest BCUT2D eigenvalue weighted by Gasteiger charge is 2.30. The van der Waals surface area contributed by atoms with E-state index < -0.39 is 10.0 Å². The van der Waals surface area contributed by atoms with Crippen LogP contribution in [0.5, 0.6) is 0 Å². The summed E-state index contributed by atoms with van der Waals surface area (Å²) < 4.78 is 32.7. The van der Waals surface area contributed by atoms with Gasteiger partial charge in [0, 0.05) is 63.4 Å². The molecule has 2 aromatic carbocycles. The number of carbonyl (C=O) groups is 2. The molecule has 0 unspecified atom stereocenters. The standard InChI is InChI=1S/C34H49ClN4O5S/c1-26-6-9-31(25-33(26)35)39(34(41)30-14-21-38(22-15-30)27(2)40)18-5-17-37-19-12-29(13-20-37)24-28-7-10-32(11-8-28)45(42,43)36-16-4-23-44-3/h6-11,25,29-30,36H,4-5,12-24H2,1-3H3. The number of amides is 2. The molecule has 1 N–H and O–H groups in total. The molecule has 9 nitrogen and oxygen atoms in total. The topological polar surface area (TPSA) is 99.3 Å².